The number of nitriles is 1. The lowest BCUT2D eigenvalue weighted by Gasteiger charge is -2.08. The molecule has 2 heterocycles. The molecule has 2 aromatic heterocycles. The number of hydrogen-bond donors (Lipinski definition) is 0. The van der Waals surface area contributed by atoms with Gasteiger partial charge in [-0.3, -0.25) is 4.98 Å². The van der Waals surface area contributed by atoms with E-state index in [4.69, 9.17) is 4.74 Å². The predicted molar refractivity (Wildman–Crippen MR) is 74.5 cm³/mol. The lowest BCUT2D eigenvalue weighted by atomic mass is 10.2. The molecule has 98 valence electrons. The molecule has 0 radical (unpaired) electrons. The summed E-state index contributed by atoms with van der Waals surface area (Å²) in [6.07, 6.45) is 1.72. The van der Waals surface area contributed by atoms with Gasteiger partial charge in [-0.2, -0.15) is 10.4 Å². The van der Waals surface area contributed by atoms with E-state index < -0.39 is 0 Å². The van der Waals surface area contributed by atoms with Crippen LogP contribution in [0.5, 0.6) is 11.6 Å². The third-order valence-electron chi connectivity index (χ3n) is 3.08. The molecule has 0 unspecified atom stereocenters. The van der Waals surface area contributed by atoms with Crippen LogP contribution >= 0.6 is 0 Å². The van der Waals surface area contributed by atoms with E-state index in [2.05, 4.69) is 16.2 Å². The second-order valence-electron chi connectivity index (χ2n) is 4.43. The molecule has 0 saturated heterocycles. The normalized spacial score (nSPS) is 10.4. The van der Waals surface area contributed by atoms with E-state index in [1.165, 1.54) is 0 Å². The number of rotatable bonds is 2. The lowest BCUT2D eigenvalue weighted by Crippen LogP contribution is -1.97. The van der Waals surface area contributed by atoms with Crippen molar-refractivity contribution in [2.75, 3.05) is 0 Å². The van der Waals surface area contributed by atoms with Gasteiger partial charge < -0.3 is 4.74 Å². The Labute approximate surface area is 116 Å². The molecule has 3 rings (SSSR count). The predicted octanol–water partition coefficient (Wildman–Crippen LogP) is 2.94. The summed E-state index contributed by atoms with van der Waals surface area (Å²) in [4.78, 5) is 4.33. The minimum Gasteiger partial charge on any atom is -0.436 e. The number of pyridine rings is 1. The molecule has 0 aliphatic carbocycles. The first-order valence-electron chi connectivity index (χ1n) is 6.16. The van der Waals surface area contributed by atoms with Crippen LogP contribution in [0.2, 0.25) is 0 Å². The average Bonchev–Trinajstić information content (AvgIpc) is 2.73. The summed E-state index contributed by atoms with van der Waals surface area (Å²) in [7, 11) is 1.75. The summed E-state index contributed by atoms with van der Waals surface area (Å²) in [5.41, 5.74) is 1.86. The van der Waals surface area contributed by atoms with Gasteiger partial charge in [0.25, 0.3) is 0 Å². The summed E-state index contributed by atoms with van der Waals surface area (Å²) in [5, 5.41) is 14.4. The van der Waals surface area contributed by atoms with E-state index in [-0.39, 0.29) is 0 Å². The Kier molecular flexibility index (Phi) is 2.84. The van der Waals surface area contributed by atoms with Crippen LogP contribution in [0.3, 0.4) is 0 Å². The van der Waals surface area contributed by atoms with E-state index in [0.29, 0.717) is 22.9 Å². The molecular formula is C15H12N4O. The Morgan fingerprint density at radius 2 is 2.05 bits per heavy atom. The van der Waals surface area contributed by atoms with Crippen molar-refractivity contribution in [1.29, 1.82) is 5.26 Å². The Balaban J connectivity index is 2.13. The molecule has 3 aromatic rings. The molecule has 5 nitrogen and oxygen atoms in total. The minimum atomic E-state index is 0.433. The largest absolute Gasteiger partial charge is 0.436 e. The van der Waals surface area contributed by atoms with Gasteiger partial charge >= 0.3 is 0 Å². The van der Waals surface area contributed by atoms with Gasteiger partial charge in [-0.15, -0.1) is 0 Å². The van der Waals surface area contributed by atoms with Crippen LogP contribution in [0.4, 0.5) is 0 Å². The molecule has 1 aromatic carbocycles. The summed E-state index contributed by atoms with van der Waals surface area (Å²) in [6.45, 7) is 1.78. The lowest BCUT2D eigenvalue weighted by molar-refractivity contribution is 0.433. The zero-order chi connectivity index (χ0) is 14.1. The molecule has 0 bridgehead atoms. The summed E-state index contributed by atoms with van der Waals surface area (Å²) in [6, 6.07) is 11.7. The van der Waals surface area contributed by atoms with Crippen LogP contribution in [-0.4, -0.2) is 14.8 Å². The third-order valence-corrected chi connectivity index (χ3v) is 3.08. The first-order valence-corrected chi connectivity index (χ1v) is 6.16. The molecule has 0 aliphatic rings. The molecule has 5 heteroatoms. The highest BCUT2D eigenvalue weighted by molar-refractivity contribution is 5.84. The van der Waals surface area contributed by atoms with Crippen molar-refractivity contribution in [2.45, 2.75) is 6.92 Å². The zero-order valence-electron chi connectivity index (χ0n) is 11.2. The molecule has 0 saturated carbocycles. The quantitative estimate of drug-likeness (QED) is 0.713. The highest BCUT2D eigenvalue weighted by Crippen LogP contribution is 2.30. The number of nitrogens with zero attached hydrogens (tertiary/aromatic N) is 4. The van der Waals surface area contributed by atoms with Crippen molar-refractivity contribution in [3.05, 3.63) is 47.8 Å². The smallest absolute Gasteiger partial charge is 0.235 e. The van der Waals surface area contributed by atoms with Crippen molar-refractivity contribution in [3.63, 3.8) is 0 Å². The Morgan fingerprint density at radius 1 is 1.25 bits per heavy atom. The van der Waals surface area contributed by atoms with Crippen molar-refractivity contribution in [3.8, 4) is 17.7 Å². The second-order valence-corrected chi connectivity index (χ2v) is 4.43. The fourth-order valence-corrected chi connectivity index (χ4v) is 2.15. The highest BCUT2D eigenvalue weighted by Gasteiger charge is 2.16. The number of hydrogen-bond acceptors (Lipinski definition) is 4. The van der Waals surface area contributed by atoms with Gasteiger partial charge in [0.2, 0.25) is 5.88 Å². The van der Waals surface area contributed by atoms with Gasteiger partial charge in [0.1, 0.15) is 17.1 Å². The van der Waals surface area contributed by atoms with Crippen molar-refractivity contribution < 1.29 is 4.74 Å². The van der Waals surface area contributed by atoms with E-state index in [1.54, 1.807) is 24.9 Å². The van der Waals surface area contributed by atoms with Gasteiger partial charge in [-0.1, -0.05) is 18.2 Å². The van der Waals surface area contributed by atoms with Gasteiger partial charge in [-0.25, -0.2) is 4.68 Å². The molecule has 0 fully saturated rings. The number of para-hydroxylation sites is 1. The van der Waals surface area contributed by atoms with Gasteiger partial charge in [-0.05, 0) is 19.1 Å². The maximum atomic E-state index is 9.20. The molecule has 0 aliphatic heterocycles. The SMILES string of the molecule is Cc1nn(C)c(Oc2cccc3cccnc23)c1C#N. The fraction of sp³-hybridized carbons (Fsp3) is 0.133. The third kappa shape index (κ3) is 1.88. The maximum absolute atomic E-state index is 9.20. The Morgan fingerprint density at radius 3 is 2.85 bits per heavy atom. The maximum Gasteiger partial charge on any atom is 0.235 e. The summed E-state index contributed by atoms with van der Waals surface area (Å²) in [5.74, 6) is 1.05. The zero-order valence-corrected chi connectivity index (χ0v) is 11.2. The first kappa shape index (κ1) is 12.2. The Hall–Kier alpha value is -2.87. The van der Waals surface area contributed by atoms with Crippen molar-refractivity contribution in [1.82, 2.24) is 14.8 Å². The molecular weight excluding hydrogens is 252 g/mol. The monoisotopic (exact) mass is 264 g/mol. The fourth-order valence-electron chi connectivity index (χ4n) is 2.15. The number of aromatic nitrogens is 3. The van der Waals surface area contributed by atoms with Crippen LogP contribution in [0.25, 0.3) is 10.9 Å². The highest BCUT2D eigenvalue weighted by atomic mass is 16.5. The average molecular weight is 264 g/mol. The van der Waals surface area contributed by atoms with Gasteiger partial charge in [0, 0.05) is 18.6 Å². The molecule has 20 heavy (non-hydrogen) atoms. The summed E-state index contributed by atoms with van der Waals surface area (Å²) >= 11 is 0. The molecule has 0 spiro atoms. The first-order chi connectivity index (χ1) is 9.70. The molecule has 0 N–H and O–H groups in total. The standard InChI is InChI=1S/C15H12N4O/c1-10-12(9-16)15(19(2)18-10)20-13-7-3-5-11-6-4-8-17-14(11)13/h3-8H,1-2H3. The molecule has 0 atom stereocenters. The van der Waals surface area contributed by atoms with Crippen LogP contribution in [-0.2, 0) is 7.05 Å². The van der Waals surface area contributed by atoms with Gasteiger partial charge in [0.05, 0.1) is 5.69 Å². The number of ether oxygens (including phenoxy) is 1. The molecule has 0 amide bonds. The van der Waals surface area contributed by atoms with Crippen LogP contribution in [0, 0.1) is 18.3 Å². The van der Waals surface area contributed by atoms with E-state index in [0.717, 1.165) is 10.9 Å². The minimum absolute atomic E-state index is 0.433. The summed E-state index contributed by atoms with van der Waals surface area (Å²) < 4.78 is 7.45. The van der Waals surface area contributed by atoms with E-state index in [1.807, 2.05) is 30.3 Å². The number of benzene rings is 1. The second kappa shape index (κ2) is 4.67. The van der Waals surface area contributed by atoms with Crippen LogP contribution in [0.15, 0.2) is 36.5 Å². The van der Waals surface area contributed by atoms with E-state index >= 15 is 0 Å². The van der Waals surface area contributed by atoms with E-state index in [9.17, 15) is 5.26 Å². The van der Waals surface area contributed by atoms with Gasteiger partial charge in [0.15, 0.2) is 5.75 Å². The van der Waals surface area contributed by atoms with Crippen molar-refractivity contribution >= 4 is 10.9 Å². The number of aryl methyl sites for hydroxylation is 2. The Bertz CT molecular complexity index is 824. The van der Waals surface area contributed by atoms with Crippen LogP contribution < -0.4 is 4.74 Å². The number of fused-ring (bicyclic) bond motifs is 1. The topological polar surface area (TPSA) is 63.7 Å². The van der Waals surface area contributed by atoms with Crippen molar-refractivity contribution in [2.24, 2.45) is 7.05 Å². The van der Waals surface area contributed by atoms with Crippen LogP contribution in [0.1, 0.15) is 11.3 Å².